The Kier molecular flexibility index (Phi) is 6.91. The zero-order chi connectivity index (χ0) is 7.82. The molecule has 0 atom stereocenters. The summed E-state index contributed by atoms with van der Waals surface area (Å²) in [5.74, 6) is 0. The highest BCUT2D eigenvalue weighted by atomic mass is 16.5. The van der Waals surface area contributed by atoms with Crippen molar-refractivity contribution < 1.29 is 9.47 Å². The van der Waals surface area contributed by atoms with Crippen LogP contribution in [0.15, 0.2) is 0 Å². The van der Waals surface area contributed by atoms with Crippen LogP contribution >= 0.6 is 0 Å². The maximum absolute atomic E-state index is 5.22. The third-order valence-corrected chi connectivity index (χ3v) is 0.941. The average molecular weight is 147 g/mol. The largest absolute Gasteiger partial charge is 0.378 e. The smallest absolute Gasteiger partial charge is 0.0703 e. The van der Waals surface area contributed by atoms with Crippen LogP contribution in [0.5, 0.6) is 0 Å². The van der Waals surface area contributed by atoms with Crippen molar-refractivity contribution >= 4 is 0 Å². The quantitative estimate of drug-likeness (QED) is 0.553. The van der Waals surface area contributed by atoms with E-state index in [1.165, 1.54) is 0 Å². The van der Waals surface area contributed by atoms with Gasteiger partial charge in [0.2, 0.25) is 0 Å². The molecule has 0 aromatic rings. The molecule has 0 bridgehead atoms. The van der Waals surface area contributed by atoms with E-state index in [1.807, 2.05) is 13.8 Å². The molecule has 3 heteroatoms. The first-order chi connectivity index (χ1) is 4.77. The number of hydrogen-bond acceptors (Lipinski definition) is 3. The lowest BCUT2D eigenvalue weighted by Crippen LogP contribution is -2.13. The van der Waals surface area contributed by atoms with Gasteiger partial charge in [0.1, 0.15) is 0 Å². The Labute approximate surface area is 62.5 Å². The highest BCUT2D eigenvalue weighted by molar-refractivity contribution is 4.37. The zero-order valence-electron chi connectivity index (χ0n) is 6.80. The van der Waals surface area contributed by atoms with Gasteiger partial charge >= 0.3 is 0 Å². The average Bonchev–Trinajstić information content (AvgIpc) is 1.87. The molecule has 0 aliphatic heterocycles. The SMILES string of the molecule is CC(C)OCCOCCN. The third-order valence-electron chi connectivity index (χ3n) is 0.941. The maximum Gasteiger partial charge on any atom is 0.0703 e. The molecule has 0 aromatic heterocycles. The summed E-state index contributed by atoms with van der Waals surface area (Å²) in [5, 5.41) is 0. The number of ether oxygens (including phenoxy) is 2. The van der Waals surface area contributed by atoms with Crippen molar-refractivity contribution in [3.63, 3.8) is 0 Å². The van der Waals surface area contributed by atoms with Gasteiger partial charge in [0.05, 0.1) is 25.9 Å². The lowest BCUT2D eigenvalue weighted by atomic mass is 10.5. The first-order valence-corrected chi connectivity index (χ1v) is 3.66. The minimum atomic E-state index is 0.293. The third kappa shape index (κ3) is 7.88. The Morgan fingerprint density at radius 2 is 1.90 bits per heavy atom. The van der Waals surface area contributed by atoms with Crippen molar-refractivity contribution in [3.8, 4) is 0 Å². The molecule has 0 radical (unpaired) electrons. The van der Waals surface area contributed by atoms with Crippen LogP contribution in [0.1, 0.15) is 13.8 Å². The van der Waals surface area contributed by atoms with Crippen LogP contribution in [0.2, 0.25) is 0 Å². The molecular formula is C7H17NO2. The lowest BCUT2D eigenvalue weighted by molar-refractivity contribution is 0.0216. The summed E-state index contributed by atoms with van der Waals surface area (Å²) in [6.45, 7) is 6.53. The first kappa shape index (κ1) is 9.88. The fourth-order valence-corrected chi connectivity index (χ4v) is 0.528. The molecule has 0 aromatic carbocycles. The van der Waals surface area contributed by atoms with Gasteiger partial charge < -0.3 is 15.2 Å². The van der Waals surface area contributed by atoms with Gasteiger partial charge in [-0.2, -0.15) is 0 Å². The second-order valence-corrected chi connectivity index (χ2v) is 2.32. The molecule has 0 amide bonds. The van der Waals surface area contributed by atoms with Crippen LogP contribution < -0.4 is 5.73 Å². The van der Waals surface area contributed by atoms with Crippen molar-refractivity contribution in [2.45, 2.75) is 20.0 Å². The molecule has 0 unspecified atom stereocenters. The van der Waals surface area contributed by atoms with E-state index in [-0.39, 0.29) is 0 Å². The molecule has 0 saturated carbocycles. The Bertz CT molecular complexity index is 66.6. The minimum Gasteiger partial charge on any atom is -0.378 e. The van der Waals surface area contributed by atoms with E-state index in [0.29, 0.717) is 32.5 Å². The molecule has 0 aliphatic rings. The molecule has 0 spiro atoms. The van der Waals surface area contributed by atoms with Crippen LogP contribution in [-0.4, -0.2) is 32.5 Å². The Balaban J connectivity index is 2.77. The van der Waals surface area contributed by atoms with Crippen LogP contribution in [0.3, 0.4) is 0 Å². The predicted molar refractivity (Wildman–Crippen MR) is 41.0 cm³/mol. The van der Waals surface area contributed by atoms with E-state index in [9.17, 15) is 0 Å². The summed E-state index contributed by atoms with van der Waals surface area (Å²) in [6, 6.07) is 0. The van der Waals surface area contributed by atoms with Gasteiger partial charge in [-0.15, -0.1) is 0 Å². The summed E-state index contributed by atoms with van der Waals surface area (Å²) in [6.07, 6.45) is 0.293. The summed E-state index contributed by atoms with van der Waals surface area (Å²) in [5.41, 5.74) is 5.20. The molecule has 0 aliphatic carbocycles. The lowest BCUT2D eigenvalue weighted by Gasteiger charge is -2.06. The molecule has 62 valence electrons. The van der Waals surface area contributed by atoms with E-state index < -0.39 is 0 Å². The summed E-state index contributed by atoms with van der Waals surface area (Å²) < 4.78 is 10.3. The van der Waals surface area contributed by atoms with E-state index >= 15 is 0 Å². The molecule has 0 fully saturated rings. The zero-order valence-corrected chi connectivity index (χ0v) is 6.80. The Morgan fingerprint density at radius 1 is 1.20 bits per heavy atom. The number of nitrogens with two attached hydrogens (primary N) is 1. The first-order valence-electron chi connectivity index (χ1n) is 3.66. The number of hydrogen-bond donors (Lipinski definition) is 1. The minimum absolute atomic E-state index is 0.293. The molecule has 0 rings (SSSR count). The topological polar surface area (TPSA) is 44.5 Å². The van der Waals surface area contributed by atoms with Crippen LogP contribution in [0.25, 0.3) is 0 Å². The van der Waals surface area contributed by atoms with Crippen molar-refractivity contribution in [2.24, 2.45) is 5.73 Å². The van der Waals surface area contributed by atoms with Gasteiger partial charge in [-0.25, -0.2) is 0 Å². The van der Waals surface area contributed by atoms with Gasteiger partial charge in [-0.05, 0) is 13.8 Å². The normalized spacial score (nSPS) is 10.8. The van der Waals surface area contributed by atoms with Gasteiger partial charge in [-0.1, -0.05) is 0 Å². The molecule has 0 heterocycles. The van der Waals surface area contributed by atoms with Crippen molar-refractivity contribution in [3.05, 3.63) is 0 Å². The molecule has 3 nitrogen and oxygen atoms in total. The van der Waals surface area contributed by atoms with Crippen molar-refractivity contribution in [1.29, 1.82) is 0 Å². The second kappa shape index (κ2) is 6.99. The van der Waals surface area contributed by atoms with Crippen LogP contribution in [0.4, 0.5) is 0 Å². The van der Waals surface area contributed by atoms with Crippen molar-refractivity contribution in [1.82, 2.24) is 0 Å². The van der Waals surface area contributed by atoms with E-state index in [0.717, 1.165) is 0 Å². The van der Waals surface area contributed by atoms with E-state index in [4.69, 9.17) is 15.2 Å². The van der Waals surface area contributed by atoms with Gasteiger partial charge in [0.15, 0.2) is 0 Å². The predicted octanol–water partition coefficient (Wildman–Crippen LogP) is 0.387. The Hall–Kier alpha value is -0.120. The highest BCUT2D eigenvalue weighted by Gasteiger charge is 1.91. The fraction of sp³-hybridized carbons (Fsp3) is 1.00. The molecule has 10 heavy (non-hydrogen) atoms. The fourth-order valence-electron chi connectivity index (χ4n) is 0.528. The van der Waals surface area contributed by atoms with Gasteiger partial charge in [0, 0.05) is 6.54 Å². The maximum atomic E-state index is 5.22. The van der Waals surface area contributed by atoms with Gasteiger partial charge in [-0.3, -0.25) is 0 Å². The Morgan fingerprint density at radius 3 is 2.40 bits per heavy atom. The number of rotatable bonds is 6. The van der Waals surface area contributed by atoms with E-state index in [2.05, 4.69) is 0 Å². The summed E-state index contributed by atoms with van der Waals surface area (Å²) >= 11 is 0. The highest BCUT2D eigenvalue weighted by Crippen LogP contribution is 1.86. The summed E-state index contributed by atoms with van der Waals surface area (Å²) in [4.78, 5) is 0. The second-order valence-electron chi connectivity index (χ2n) is 2.32. The standard InChI is InChI=1S/C7H17NO2/c1-7(2)10-6-5-9-4-3-8/h7H,3-6,8H2,1-2H3. The molecular weight excluding hydrogens is 130 g/mol. The van der Waals surface area contributed by atoms with Crippen LogP contribution in [0, 0.1) is 0 Å². The monoisotopic (exact) mass is 147 g/mol. The summed E-state index contributed by atoms with van der Waals surface area (Å²) in [7, 11) is 0. The van der Waals surface area contributed by atoms with Crippen molar-refractivity contribution in [2.75, 3.05) is 26.4 Å². The van der Waals surface area contributed by atoms with E-state index in [1.54, 1.807) is 0 Å². The molecule has 2 N–H and O–H groups in total. The van der Waals surface area contributed by atoms with Crippen LogP contribution in [-0.2, 0) is 9.47 Å². The van der Waals surface area contributed by atoms with Gasteiger partial charge in [0.25, 0.3) is 0 Å². The molecule has 0 saturated heterocycles.